The second-order valence-corrected chi connectivity index (χ2v) is 5.15. The first kappa shape index (κ1) is 14.6. The summed E-state index contributed by atoms with van der Waals surface area (Å²) >= 11 is 0. The van der Waals surface area contributed by atoms with Gasteiger partial charge in [0.15, 0.2) is 0 Å². The van der Waals surface area contributed by atoms with Crippen LogP contribution < -0.4 is 15.4 Å². The van der Waals surface area contributed by atoms with E-state index in [0.717, 1.165) is 23.6 Å². The second kappa shape index (κ2) is 5.44. The number of halogens is 3. The van der Waals surface area contributed by atoms with E-state index in [2.05, 4.69) is 4.90 Å². The summed E-state index contributed by atoms with van der Waals surface area (Å²) in [6.45, 7) is 1.65. The van der Waals surface area contributed by atoms with Crippen molar-refractivity contribution in [3.05, 3.63) is 53.6 Å². The Bertz CT molecular complexity index is 685. The summed E-state index contributed by atoms with van der Waals surface area (Å²) in [7, 11) is 0. The number of anilines is 2. The predicted octanol–water partition coefficient (Wildman–Crippen LogP) is 3.69. The van der Waals surface area contributed by atoms with Crippen LogP contribution in [-0.4, -0.2) is 13.2 Å². The van der Waals surface area contributed by atoms with Crippen LogP contribution in [0.2, 0.25) is 0 Å². The number of nitrogens with zero attached hydrogens (tertiary/aromatic N) is 1. The Morgan fingerprint density at radius 2 is 1.91 bits per heavy atom. The predicted molar refractivity (Wildman–Crippen MR) is 78.8 cm³/mol. The maximum Gasteiger partial charge on any atom is 0.416 e. The van der Waals surface area contributed by atoms with E-state index in [-0.39, 0.29) is 5.69 Å². The molecule has 3 rings (SSSR count). The molecule has 0 aliphatic carbocycles. The van der Waals surface area contributed by atoms with Crippen molar-refractivity contribution in [2.24, 2.45) is 0 Å². The lowest BCUT2D eigenvalue weighted by Gasteiger charge is -2.31. The van der Waals surface area contributed by atoms with Crippen LogP contribution in [0.15, 0.2) is 42.5 Å². The Morgan fingerprint density at radius 3 is 2.64 bits per heavy atom. The van der Waals surface area contributed by atoms with Crippen LogP contribution in [0.5, 0.6) is 5.75 Å². The van der Waals surface area contributed by atoms with Crippen LogP contribution in [0, 0.1) is 0 Å². The van der Waals surface area contributed by atoms with Crippen molar-refractivity contribution in [1.29, 1.82) is 0 Å². The average molecular weight is 308 g/mol. The monoisotopic (exact) mass is 308 g/mol. The molecule has 0 aromatic heterocycles. The van der Waals surface area contributed by atoms with Gasteiger partial charge in [0.1, 0.15) is 12.4 Å². The number of para-hydroxylation sites is 2. The third-order valence-electron chi connectivity index (χ3n) is 3.66. The van der Waals surface area contributed by atoms with Gasteiger partial charge < -0.3 is 15.4 Å². The van der Waals surface area contributed by atoms with Gasteiger partial charge in [0.25, 0.3) is 0 Å². The van der Waals surface area contributed by atoms with Gasteiger partial charge in [0.05, 0.1) is 17.8 Å². The van der Waals surface area contributed by atoms with Gasteiger partial charge in [-0.2, -0.15) is 13.2 Å². The molecule has 1 aliphatic heterocycles. The van der Waals surface area contributed by atoms with Gasteiger partial charge in [-0.25, -0.2) is 0 Å². The van der Waals surface area contributed by atoms with Gasteiger partial charge in [-0.3, -0.25) is 0 Å². The van der Waals surface area contributed by atoms with E-state index in [1.807, 2.05) is 24.3 Å². The van der Waals surface area contributed by atoms with Gasteiger partial charge in [0, 0.05) is 12.2 Å². The largest absolute Gasteiger partial charge is 0.490 e. The molecule has 2 aromatic carbocycles. The van der Waals surface area contributed by atoms with E-state index < -0.39 is 11.7 Å². The molecular weight excluding hydrogens is 293 g/mol. The first-order chi connectivity index (χ1) is 10.4. The second-order valence-electron chi connectivity index (χ2n) is 5.15. The van der Waals surface area contributed by atoms with Crippen LogP contribution in [0.25, 0.3) is 0 Å². The number of ether oxygens (including phenoxy) is 1. The van der Waals surface area contributed by atoms with E-state index in [1.165, 1.54) is 6.07 Å². The molecule has 0 unspecified atom stereocenters. The molecule has 1 heterocycles. The van der Waals surface area contributed by atoms with E-state index >= 15 is 0 Å². The number of hydrogen-bond donors (Lipinski definition) is 1. The molecule has 0 bridgehead atoms. The number of hydrogen-bond acceptors (Lipinski definition) is 3. The molecule has 2 aromatic rings. The standard InChI is InChI=1S/C16H15F3N2O/c17-16(18,19)12-6-5-11(13(20)9-12)10-21-7-8-22-15-4-2-1-3-14(15)21/h1-6,9H,7-8,10,20H2. The summed E-state index contributed by atoms with van der Waals surface area (Å²) in [5, 5.41) is 0. The summed E-state index contributed by atoms with van der Waals surface area (Å²) in [6.07, 6.45) is -4.38. The Kier molecular flexibility index (Phi) is 3.60. The van der Waals surface area contributed by atoms with E-state index in [1.54, 1.807) is 0 Å². The van der Waals surface area contributed by atoms with Crippen molar-refractivity contribution < 1.29 is 17.9 Å². The highest BCUT2D eigenvalue weighted by molar-refractivity contribution is 5.61. The first-order valence-corrected chi connectivity index (χ1v) is 6.87. The minimum atomic E-state index is -4.38. The van der Waals surface area contributed by atoms with Crippen molar-refractivity contribution >= 4 is 11.4 Å². The number of nitrogen functional groups attached to an aromatic ring is 1. The maximum atomic E-state index is 12.7. The van der Waals surface area contributed by atoms with Crippen molar-refractivity contribution in [2.45, 2.75) is 12.7 Å². The summed E-state index contributed by atoms with van der Waals surface area (Å²) in [6, 6.07) is 11.1. The van der Waals surface area contributed by atoms with E-state index in [4.69, 9.17) is 10.5 Å². The van der Waals surface area contributed by atoms with E-state index in [0.29, 0.717) is 25.3 Å². The quantitative estimate of drug-likeness (QED) is 0.860. The Hall–Kier alpha value is -2.37. The topological polar surface area (TPSA) is 38.5 Å². The van der Waals surface area contributed by atoms with Gasteiger partial charge in [0.2, 0.25) is 0 Å². The highest BCUT2D eigenvalue weighted by Crippen LogP contribution is 2.34. The normalized spacial score (nSPS) is 14.4. The van der Waals surface area contributed by atoms with Gasteiger partial charge in [-0.15, -0.1) is 0 Å². The lowest BCUT2D eigenvalue weighted by Crippen LogP contribution is -2.32. The highest BCUT2D eigenvalue weighted by Gasteiger charge is 2.31. The zero-order chi connectivity index (χ0) is 15.7. The number of benzene rings is 2. The molecule has 0 amide bonds. The van der Waals surface area contributed by atoms with Crippen LogP contribution in [-0.2, 0) is 12.7 Å². The SMILES string of the molecule is Nc1cc(C(F)(F)F)ccc1CN1CCOc2ccccc21. The number of alkyl halides is 3. The minimum absolute atomic E-state index is 0.152. The molecule has 0 spiro atoms. The smallest absolute Gasteiger partial charge is 0.416 e. The Balaban J connectivity index is 1.86. The van der Waals surface area contributed by atoms with Crippen LogP contribution >= 0.6 is 0 Å². The fraction of sp³-hybridized carbons (Fsp3) is 0.250. The van der Waals surface area contributed by atoms with Gasteiger partial charge in [-0.05, 0) is 29.8 Å². The molecule has 0 saturated heterocycles. The van der Waals surface area contributed by atoms with Crippen LogP contribution in [0.4, 0.5) is 24.5 Å². The molecule has 0 saturated carbocycles. The molecule has 0 atom stereocenters. The average Bonchev–Trinajstić information content (AvgIpc) is 2.48. The summed E-state index contributed by atoms with van der Waals surface area (Å²) in [4.78, 5) is 2.05. The zero-order valence-corrected chi connectivity index (χ0v) is 11.7. The van der Waals surface area contributed by atoms with Crippen molar-refractivity contribution in [1.82, 2.24) is 0 Å². The van der Waals surface area contributed by atoms with E-state index in [9.17, 15) is 13.2 Å². The molecule has 6 heteroatoms. The molecule has 22 heavy (non-hydrogen) atoms. The molecule has 1 aliphatic rings. The third-order valence-corrected chi connectivity index (χ3v) is 3.66. The van der Waals surface area contributed by atoms with Crippen molar-refractivity contribution in [2.75, 3.05) is 23.8 Å². The maximum absolute atomic E-state index is 12.7. The molecule has 0 radical (unpaired) electrons. The lowest BCUT2D eigenvalue weighted by molar-refractivity contribution is -0.137. The summed E-state index contributed by atoms with van der Waals surface area (Å²) in [5.74, 6) is 0.777. The molecular formula is C16H15F3N2O. The molecule has 0 fully saturated rings. The molecule has 116 valence electrons. The van der Waals surface area contributed by atoms with Crippen LogP contribution in [0.1, 0.15) is 11.1 Å². The molecule has 3 nitrogen and oxygen atoms in total. The first-order valence-electron chi connectivity index (χ1n) is 6.87. The summed E-state index contributed by atoms with van der Waals surface area (Å²) < 4.78 is 43.6. The van der Waals surface area contributed by atoms with Gasteiger partial charge >= 0.3 is 6.18 Å². The Labute approximate surface area is 126 Å². The number of nitrogens with two attached hydrogens (primary N) is 1. The highest BCUT2D eigenvalue weighted by atomic mass is 19.4. The zero-order valence-electron chi connectivity index (χ0n) is 11.7. The minimum Gasteiger partial charge on any atom is -0.490 e. The number of fused-ring (bicyclic) bond motifs is 1. The van der Waals surface area contributed by atoms with Crippen molar-refractivity contribution in [3.63, 3.8) is 0 Å². The molecule has 2 N–H and O–H groups in total. The fourth-order valence-electron chi connectivity index (χ4n) is 2.51. The fourth-order valence-corrected chi connectivity index (χ4v) is 2.51. The number of rotatable bonds is 2. The van der Waals surface area contributed by atoms with Crippen LogP contribution in [0.3, 0.4) is 0 Å². The van der Waals surface area contributed by atoms with Crippen molar-refractivity contribution in [3.8, 4) is 5.75 Å². The summed E-state index contributed by atoms with van der Waals surface area (Å²) in [5.41, 5.74) is 6.82. The lowest BCUT2D eigenvalue weighted by atomic mass is 10.1. The van der Waals surface area contributed by atoms with Gasteiger partial charge in [-0.1, -0.05) is 18.2 Å². The Morgan fingerprint density at radius 1 is 1.14 bits per heavy atom. The third kappa shape index (κ3) is 2.81.